The van der Waals surface area contributed by atoms with Gasteiger partial charge in [0.1, 0.15) is 5.82 Å². The van der Waals surface area contributed by atoms with Gasteiger partial charge in [-0.2, -0.15) is 4.98 Å². The highest BCUT2D eigenvalue weighted by Crippen LogP contribution is 2.27. The van der Waals surface area contributed by atoms with Crippen LogP contribution in [0.25, 0.3) is 0 Å². The number of likely N-dealkylation sites (tertiary alicyclic amines) is 1. The number of aromatic nitrogens is 2. The minimum absolute atomic E-state index is 0.0756. The molecule has 1 amide bonds. The molecule has 0 radical (unpaired) electrons. The monoisotopic (exact) mass is 412 g/mol. The van der Waals surface area contributed by atoms with Crippen molar-refractivity contribution in [2.75, 3.05) is 38.2 Å². The van der Waals surface area contributed by atoms with Crippen molar-refractivity contribution in [3.8, 4) is 5.88 Å². The lowest BCUT2D eigenvalue weighted by molar-refractivity contribution is -0.137. The molecule has 0 spiro atoms. The lowest BCUT2D eigenvalue weighted by Gasteiger charge is -2.37. The van der Waals surface area contributed by atoms with E-state index in [0.717, 1.165) is 63.8 Å². The number of benzene rings is 1. The van der Waals surface area contributed by atoms with Crippen molar-refractivity contribution in [3.63, 3.8) is 0 Å². The number of nitrogens with zero attached hydrogens (tertiary/aromatic N) is 4. The molecule has 2 saturated heterocycles. The van der Waals surface area contributed by atoms with Crippen LogP contribution in [-0.2, 0) is 11.2 Å². The first-order chi connectivity index (χ1) is 14.6. The van der Waals surface area contributed by atoms with Gasteiger partial charge >= 0.3 is 0 Å². The first kappa shape index (κ1) is 20.6. The summed E-state index contributed by atoms with van der Waals surface area (Å²) in [6, 6.07) is 8.60. The second-order valence-corrected chi connectivity index (χ2v) is 8.26. The zero-order chi connectivity index (χ0) is 20.9. The molecule has 0 unspecified atom stereocenters. The molecule has 1 aromatic heterocycles. The van der Waals surface area contributed by atoms with Crippen LogP contribution < -0.4 is 9.64 Å². The van der Waals surface area contributed by atoms with Gasteiger partial charge in [0.25, 0.3) is 0 Å². The van der Waals surface area contributed by atoms with Crippen LogP contribution in [0.3, 0.4) is 0 Å². The normalized spacial score (nSPS) is 18.5. The minimum atomic E-state index is -0.175. The second kappa shape index (κ2) is 9.41. The fourth-order valence-corrected chi connectivity index (χ4v) is 4.54. The summed E-state index contributed by atoms with van der Waals surface area (Å²) in [5.74, 6) is 1.92. The third-order valence-electron chi connectivity index (χ3n) is 6.29. The Labute approximate surface area is 177 Å². The minimum Gasteiger partial charge on any atom is -0.481 e. The van der Waals surface area contributed by atoms with Crippen molar-refractivity contribution in [1.82, 2.24) is 14.9 Å². The average molecular weight is 413 g/mol. The van der Waals surface area contributed by atoms with Gasteiger partial charge in [0.2, 0.25) is 17.7 Å². The smallest absolute Gasteiger partial charge is 0.228 e. The molecule has 0 bridgehead atoms. The number of anilines is 1. The molecule has 6 nitrogen and oxygen atoms in total. The first-order valence-corrected chi connectivity index (χ1v) is 10.8. The van der Waals surface area contributed by atoms with Gasteiger partial charge in [0.15, 0.2) is 0 Å². The van der Waals surface area contributed by atoms with E-state index in [1.54, 1.807) is 31.5 Å². The summed E-state index contributed by atoms with van der Waals surface area (Å²) in [5, 5.41) is 0. The molecule has 0 N–H and O–H groups in total. The third-order valence-corrected chi connectivity index (χ3v) is 6.29. The summed E-state index contributed by atoms with van der Waals surface area (Å²) in [5.41, 5.74) is 1.05. The van der Waals surface area contributed by atoms with Crippen LogP contribution in [-0.4, -0.2) is 54.1 Å². The van der Waals surface area contributed by atoms with Crippen molar-refractivity contribution in [2.45, 2.75) is 32.1 Å². The van der Waals surface area contributed by atoms with Crippen LogP contribution in [0, 0.1) is 17.7 Å². The summed E-state index contributed by atoms with van der Waals surface area (Å²) in [6.07, 6.45) is 6.20. The molecule has 30 heavy (non-hydrogen) atoms. The first-order valence-electron chi connectivity index (χ1n) is 10.8. The van der Waals surface area contributed by atoms with E-state index in [9.17, 15) is 9.18 Å². The molecule has 0 saturated carbocycles. The zero-order valence-electron chi connectivity index (χ0n) is 17.5. The standard InChI is InChI=1S/C23H29FN4O2/c1-30-21-5-10-25-23(26-21)28-13-8-19(9-14-28)22(29)27-11-6-17(7-12-27)15-18-3-2-4-20(24)16-18/h2-5,10,16-17,19H,6-9,11-15H2,1H3. The Balaban J connectivity index is 1.25. The number of ether oxygens (including phenoxy) is 1. The number of carbonyl (C=O) groups is 1. The summed E-state index contributed by atoms with van der Waals surface area (Å²) >= 11 is 0. The maximum Gasteiger partial charge on any atom is 0.228 e. The quantitative estimate of drug-likeness (QED) is 0.754. The highest BCUT2D eigenvalue weighted by atomic mass is 19.1. The van der Waals surface area contributed by atoms with Crippen molar-refractivity contribution in [2.24, 2.45) is 11.8 Å². The molecule has 7 heteroatoms. The lowest BCUT2D eigenvalue weighted by Crippen LogP contribution is -2.46. The van der Waals surface area contributed by atoms with E-state index >= 15 is 0 Å². The molecular weight excluding hydrogens is 383 g/mol. The topological polar surface area (TPSA) is 58.6 Å². The Bertz CT molecular complexity index is 862. The maximum atomic E-state index is 13.4. The van der Waals surface area contributed by atoms with Crippen LogP contribution in [0.1, 0.15) is 31.2 Å². The van der Waals surface area contributed by atoms with Crippen molar-refractivity contribution >= 4 is 11.9 Å². The van der Waals surface area contributed by atoms with Crippen LogP contribution in [0.5, 0.6) is 5.88 Å². The van der Waals surface area contributed by atoms with Gasteiger partial charge < -0.3 is 14.5 Å². The number of rotatable bonds is 5. The molecule has 0 aliphatic carbocycles. The van der Waals surface area contributed by atoms with Crippen molar-refractivity contribution in [1.29, 1.82) is 0 Å². The number of amides is 1. The van der Waals surface area contributed by atoms with E-state index in [4.69, 9.17) is 4.74 Å². The van der Waals surface area contributed by atoms with Gasteiger partial charge in [-0.25, -0.2) is 9.37 Å². The largest absolute Gasteiger partial charge is 0.481 e. The van der Waals surface area contributed by atoms with Crippen molar-refractivity contribution < 1.29 is 13.9 Å². The van der Waals surface area contributed by atoms with Crippen LogP contribution in [0.15, 0.2) is 36.5 Å². The molecular formula is C23H29FN4O2. The Kier molecular flexibility index (Phi) is 6.45. The van der Waals surface area contributed by atoms with Gasteiger partial charge in [-0.15, -0.1) is 0 Å². The highest BCUT2D eigenvalue weighted by Gasteiger charge is 2.31. The van der Waals surface area contributed by atoms with Crippen LogP contribution >= 0.6 is 0 Å². The number of piperidine rings is 2. The third kappa shape index (κ3) is 4.89. The fourth-order valence-electron chi connectivity index (χ4n) is 4.54. The Hall–Kier alpha value is -2.70. The predicted molar refractivity (Wildman–Crippen MR) is 113 cm³/mol. The molecule has 2 aliphatic rings. The summed E-state index contributed by atoms with van der Waals surface area (Å²) in [6.45, 7) is 3.16. The Morgan fingerprint density at radius 2 is 1.90 bits per heavy atom. The van der Waals surface area contributed by atoms with Gasteiger partial charge in [-0.05, 0) is 55.7 Å². The number of methoxy groups -OCH3 is 1. The van der Waals surface area contributed by atoms with Gasteiger partial charge in [0, 0.05) is 44.4 Å². The zero-order valence-corrected chi connectivity index (χ0v) is 17.5. The van der Waals surface area contributed by atoms with Crippen molar-refractivity contribution in [3.05, 3.63) is 47.9 Å². The van der Waals surface area contributed by atoms with E-state index in [1.165, 1.54) is 6.07 Å². The Morgan fingerprint density at radius 3 is 2.60 bits per heavy atom. The van der Waals surface area contributed by atoms with Crippen LogP contribution in [0.4, 0.5) is 10.3 Å². The summed E-state index contributed by atoms with van der Waals surface area (Å²) in [7, 11) is 1.60. The predicted octanol–water partition coefficient (Wildman–Crippen LogP) is 3.32. The molecule has 3 heterocycles. The molecule has 160 valence electrons. The van der Waals surface area contributed by atoms with E-state index < -0.39 is 0 Å². The van der Waals surface area contributed by atoms with Crippen LogP contribution in [0.2, 0.25) is 0 Å². The number of hydrogen-bond donors (Lipinski definition) is 0. The Morgan fingerprint density at radius 1 is 1.13 bits per heavy atom. The second-order valence-electron chi connectivity index (χ2n) is 8.26. The molecule has 0 atom stereocenters. The molecule has 1 aromatic carbocycles. The average Bonchev–Trinajstić information content (AvgIpc) is 2.79. The van der Waals surface area contributed by atoms with E-state index in [1.807, 2.05) is 11.0 Å². The van der Waals surface area contributed by atoms with E-state index in [0.29, 0.717) is 17.7 Å². The SMILES string of the molecule is COc1ccnc(N2CCC(C(=O)N3CCC(Cc4cccc(F)c4)CC3)CC2)n1. The van der Waals surface area contributed by atoms with Gasteiger partial charge in [-0.3, -0.25) is 4.79 Å². The van der Waals surface area contributed by atoms with Gasteiger partial charge in [0.05, 0.1) is 7.11 Å². The molecule has 2 aromatic rings. The number of halogens is 1. The number of hydrogen-bond acceptors (Lipinski definition) is 5. The summed E-state index contributed by atoms with van der Waals surface area (Å²) < 4.78 is 18.6. The molecule has 2 aliphatic heterocycles. The maximum absolute atomic E-state index is 13.4. The molecule has 4 rings (SSSR count). The highest BCUT2D eigenvalue weighted by molar-refractivity contribution is 5.79. The number of carbonyl (C=O) groups excluding carboxylic acids is 1. The van der Waals surface area contributed by atoms with Gasteiger partial charge in [-0.1, -0.05) is 12.1 Å². The lowest BCUT2D eigenvalue weighted by atomic mass is 9.88. The molecule has 2 fully saturated rings. The van der Waals surface area contributed by atoms with E-state index in [2.05, 4.69) is 14.9 Å². The fraction of sp³-hybridized carbons (Fsp3) is 0.522. The van der Waals surface area contributed by atoms with E-state index in [-0.39, 0.29) is 17.6 Å². The summed E-state index contributed by atoms with van der Waals surface area (Å²) in [4.78, 5) is 25.9.